The van der Waals surface area contributed by atoms with Crippen LogP contribution in [0.4, 0.5) is 4.39 Å². The number of aryl methyl sites for hydroxylation is 1. The number of carbonyl (C=O) groups is 12. The Kier molecular flexibility index (Phi) is 21.6. The number of aliphatic hydroxyl groups is 1. The van der Waals surface area contributed by atoms with Gasteiger partial charge in [-0.15, -0.1) is 0 Å². The second-order valence-electron chi connectivity index (χ2n) is 23.1. The topological polar surface area (TPSA) is 387 Å². The molecule has 0 saturated heterocycles. The minimum atomic E-state index is -2.07. The molecule has 10 amide bonds. The van der Waals surface area contributed by atoms with Gasteiger partial charge in [-0.2, -0.15) is 0 Å². The van der Waals surface area contributed by atoms with Crippen molar-refractivity contribution in [1.82, 2.24) is 57.0 Å². The van der Waals surface area contributed by atoms with E-state index in [9.17, 15) is 67.4 Å². The monoisotopic (exact) mass is 1260 g/mol. The zero-order valence-corrected chi connectivity index (χ0v) is 50.9. The molecule has 2 aromatic carbocycles. The van der Waals surface area contributed by atoms with Crippen LogP contribution in [-0.4, -0.2) is 161 Å². The smallest absolute Gasteiger partial charge is 0.343 e. The van der Waals surface area contributed by atoms with E-state index in [1.807, 2.05) is 0 Å². The van der Waals surface area contributed by atoms with Crippen LogP contribution in [0.25, 0.3) is 22.3 Å². The highest BCUT2D eigenvalue weighted by Crippen LogP contribution is 2.46. The standard InChI is InChI=1S/C62H72FN11O17/c1-6-62(88)38-25-44-56-36(31-74(44)59(86)37(38)32-90-60(62)87)55-40(13-12-35-33(2)39(63)26-41(72-56)54(35)55)69-46(76)16-19-64-48(78)28-67-57(84)42(24-34-10-8-7-9-11-34)71-50(80)30-66-49(79)29-68-58(85)43(27-53(83)91-61(3,4)5)70-47(77)18-22-89-23-20-65-45(75)17-21-73-51(81)14-15-52(73)82/h7-11,14-15,25-26,40,42-43,88H,6,12-13,16-24,27-32H2,1-5H3,(H,64,78)(H,65,75)(H,66,79)(H,67,84)(H,68,85)(H,69,76)(H,70,77)(H,71,80)/t40-,42-,43-,62-/m0/s1. The van der Waals surface area contributed by atoms with E-state index >= 15 is 4.39 Å². The van der Waals surface area contributed by atoms with E-state index in [-0.39, 0.29) is 89.2 Å². The number of pyridine rings is 2. The van der Waals surface area contributed by atoms with Gasteiger partial charge in [-0.1, -0.05) is 37.3 Å². The first-order valence-corrected chi connectivity index (χ1v) is 29.7. The Morgan fingerprint density at radius 1 is 0.769 bits per heavy atom. The molecule has 0 bridgehead atoms. The van der Waals surface area contributed by atoms with E-state index in [4.69, 9.17) is 19.2 Å². The lowest BCUT2D eigenvalue weighted by Gasteiger charge is -2.31. The van der Waals surface area contributed by atoms with Crippen LogP contribution in [-0.2, 0) is 103 Å². The zero-order valence-electron chi connectivity index (χ0n) is 50.9. The van der Waals surface area contributed by atoms with Crippen LogP contribution in [0.5, 0.6) is 0 Å². The Bertz CT molecular complexity index is 3680. The van der Waals surface area contributed by atoms with Gasteiger partial charge >= 0.3 is 11.9 Å². The summed E-state index contributed by atoms with van der Waals surface area (Å²) in [7, 11) is 0. The van der Waals surface area contributed by atoms with Crippen molar-refractivity contribution in [2.45, 2.75) is 128 Å². The second kappa shape index (κ2) is 29.2. The number of benzene rings is 2. The number of hydrogen-bond acceptors (Lipinski definition) is 18. The minimum absolute atomic E-state index is 0.0142. The van der Waals surface area contributed by atoms with Gasteiger partial charge in [-0.25, -0.2) is 14.2 Å². The third-order valence-corrected chi connectivity index (χ3v) is 15.6. The highest BCUT2D eigenvalue weighted by molar-refractivity contribution is 6.13. The lowest BCUT2D eigenvalue weighted by atomic mass is 9.81. The summed E-state index contributed by atoms with van der Waals surface area (Å²) in [5.41, 5.74) is 0.681. The summed E-state index contributed by atoms with van der Waals surface area (Å²) in [5.74, 6) is -8.92. The van der Waals surface area contributed by atoms with E-state index in [0.29, 0.717) is 62.9 Å². The molecule has 484 valence electrons. The number of ether oxygens (including phenoxy) is 3. The molecule has 1 aliphatic carbocycles. The van der Waals surface area contributed by atoms with Gasteiger partial charge in [0.05, 0.1) is 74.3 Å². The van der Waals surface area contributed by atoms with E-state index in [0.717, 1.165) is 17.1 Å². The van der Waals surface area contributed by atoms with Crippen molar-refractivity contribution in [2.75, 3.05) is 52.5 Å². The first-order valence-electron chi connectivity index (χ1n) is 29.7. The molecule has 0 spiro atoms. The van der Waals surface area contributed by atoms with Crippen molar-refractivity contribution in [3.05, 3.63) is 110 Å². The van der Waals surface area contributed by atoms with Gasteiger partial charge in [0.15, 0.2) is 5.60 Å². The predicted octanol–water partition coefficient (Wildman–Crippen LogP) is -0.732. The summed E-state index contributed by atoms with van der Waals surface area (Å²) in [4.78, 5) is 174. The van der Waals surface area contributed by atoms with E-state index < -0.39 is 138 Å². The van der Waals surface area contributed by atoms with Gasteiger partial charge in [0, 0.05) is 80.0 Å². The van der Waals surface area contributed by atoms with Crippen LogP contribution in [0.15, 0.2) is 59.4 Å². The maximum atomic E-state index is 15.5. The molecule has 3 aliphatic heterocycles. The lowest BCUT2D eigenvalue weighted by molar-refractivity contribution is -0.172. The Labute approximate surface area is 520 Å². The number of fused-ring (bicyclic) bond motifs is 5. The molecular formula is C62H72FN11O17. The molecule has 8 rings (SSSR count). The van der Waals surface area contributed by atoms with Gasteiger partial charge in [-0.3, -0.25) is 62.4 Å². The fourth-order valence-corrected chi connectivity index (χ4v) is 11.0. The molecule has 4 aliphatic rings. The summed E-state index contributed by atoms with van der Waals surface area (Å²) in [5, 5.41) is 32.4. The van der Waals surface area contributed by atoms with Gasteiger partial charge in [0.2, 0.25) is 47.3 Å². The van der Waals surface area contributed by atoms with Crippen LogP contribution in [0.2, 0.25) is 0 Å². The molecule has 0 fully saturated rings. The van der Waals surface area contributed by atoms with E-state index in [1.165, 1.54) is 10.6 Å². The normalized spacial score (nSPS) is 16.7. The summed E-state index contributed by atoms with van der Waals surface area (Å²) in [6.45, 7) is 5.42. The number of imide groups is 1. The maximum absolute atomic E-state index is 15.5. The predicted molar refractivity (Wildman–Crippen MR) is 318 cm³/mol. The highest BCUT2D eigenvalue weighted by Gasteiger charge is 2.46. The van der Waals surface area contributed by atoms with E-state index in [1.54, 1.807) is 71.0 Å². The zero-order chi connectivity index (χ0) is 65.9. The van der Waals surface area contributed by atoms with Crippen molar-refractivity contribution in [2.24, 2.45) is 0 Å². The molecule has 4 aromatic rings. The van der Waals surface area contributed by atoms with Gasteiger partial charge in [-0.05, 0) is 75.3 Å². The SMILES string of the molecule is CC[C@@]1(O)C(=O)OCc2c1cc1n(c2=O)Cc2c-1nc1cc(F)c(C)c3c1c2[C@@H](NC(=O)CCNC(=O)CNC(=O)[C@H](Cc1ccccc1)NC(=O)CNC(=O)CNC(=O)[C@H](CC(=O)OC(C)(C)C)NC(=O)CCOCCNC(=O)CCN1C(=O)C=CC1=O)CC3. The number of esters is 2. The molecular weight excluding hydrogens is 1190 g/mol. The van der Waals surface area contributed by atoms with Crippen LogP contribution < -0.4 is 48.1 Å². The molecule has 5 heterocycles. The Morgan fingerprint density at radius 2 is 1.43 bits per heavy atom. The van der Waals surface area contributed by atoms with Crippen LogP contribution in [0.1, 0.15) is 111 Å². The lowest BCUT2D eigenvalue weighted by Crippen LogP contribution is -2.53. The fraction of sp³-hybridized carbons (Fsp3) is 0.452. The summed E-state index contributed by atoms with van der Waals surface area (Å²) in [6.07, 6.45) is 1.62. The Hall–Kier alpha value is -9.77. The molecule has 28 nitrogen and oxygen atoms in total. The van der Waals surface area contributed by atoms with Crippen molar-refractivity contribution in [1.29, 1.82) is 0 Å². The molecule has 4 atom stereocenters. The fourth-order valence-electron chi connectivity index (χ4n) is 11.0. The number of rotatable bonds is 28. The summed E-state index contributed by atoms with van der Waals surface area (Å²) >= 11 is 0. The van der Waals surface area contributed by atoms with Gasteiger partial charge < -0.3 is 66.4 Å². The Balaban J connectivity index is 0.796. The quantitative estimate of drug-likeness (QED) is 0.0169. The molecule has 29 heteroatoms. The minimum Gasteiger partial charge on any atom is -0.460 e. The average Bonchev–Trinajstić information content (AvgIpc) is 1.63. The molecule has 9 N–H and O–H groups in total. The average molecular weight is 1260 g/mol. The van der Waals surface area contributed by atoms with Crippen molar-refractivity contribution < 1.29 is 81.2 Å². The highest BCUT2D eigenvalue weighted by atomic mass is 19.1. The number of carbonyl (C=O) groups excluding carboxylic acids is 12. The summed E-state index contributed by atoms with van der Waals surface area (Å²) < 4.78 is 32.9. The van der Waals surface area contributed by atoms with Crippen LogP contribution in [0.3, 0.4) is 0 Å². The maximum Gasteiger partial charge on any atom is 0.343 e. The third-order valence-electron chi connectivity index (χ3n) is 15.6. The number of halogens is 1. The first kappa shape index (κ1) is 67.2. The van der Waals surface area contributed by atoms with Crippen LogP contribution in [0, 0.1) is 12.7 Å². The van der Waals surface area contributed by atoms with Crippen LogP contribution >= 0.6 is 0 Å². The first-order chi connectivity index (χ1) is 43.2. The number of cyclic esters (lactones) is 1. The summed E-state index contributed by atoms with van der Waals surface area (Å²) in [6, 6.07) is 8.03. The molecule has 0 radical (unpaired) electrons. The number of aromatic nitrogens is 2. The number of amides is 10. The number of nitrogens with zero attached hydrogens (tertiary/aromatic N) is 3. The second-order valence-corrected chi connectivity index (χ2v) is 23.1. The van der Waals surface area contributed by atoms with Crippen molar-refractivity contribution in [3.8, 4) is 11.4 Å². The molecule has 2 aromatic heterocycles. The number of nitrogens with one attached hydrogen (secondary N) is 8. The number of hydrogen-bond donors (Lipinski definition) is 9. The molecule has 91 heavy (non-hydrogen) atoms. The molecule has 0 unspecified atom stereocenters. The molecule has 0 saturated carbocycles. The van der Waals surface area contributed by atoms with Crippen molar-refractivity contribution in [3.63, 3.8) is 0 Å². The van der Waals surface area contributed by atoms with Gasteiger partial charge in [0.1, 0.15) is 30.1 Å². The third kappa shape index (κ3) is 16.6. The van der Waals surface area contributed by atoms with E-state index in [2.05, 4.69) is 42.5 Å². The van der Waals surface area contributed by atoms with Gasteiger partial charge in [0.25, 0.3) is 17.4 Å². The van der Waals surface area contributed by atoms with Crippen molar-refractivity contribution >= 4 is 81.9 Å². The largest absolute Gasteiger partial charge is 0.460 e. The Morgan fingerprint density at radius 3 is 2.12 bits per heavy atom.